The van der Waals surface area contributed by atoms with Crippen molar-refractivity contribution in [1.29, 1.82) is 0 Å². The van der Waals surface area contributed by atoms with Crippen molar-refractivity contribution >= 4 is 21.6 Å². The molecule has 9 heteroatoms. The average Bonchev–Trinajstić information content (AvgIpc) is 2.82. The first-order valence-corrected chi connectivity index (χ1v) is 6.81. The van der Waals surface area contributed by atoms with E-state index < -0.39 is 10.0 Å². The highest BCUT2D eigenvalue weighted by Gasteiger charge is 2.17. The number of hydrogen-bond acceptors (Lipinski definition) is 6. The van der Waals surface area contributed by atoms with Crippen LogP contribution in [0.25, 0.3) is 0 Å². The van der Waals surface area contributed by atoms with Crippen molar-refractivity contribution in [2.24, 2.45) is 0 Å². The van der Waals surface area contributed by atoms with E-state index in [0.717, 1.165) is 0 Å². The minimum atomic E-state index is -3.67. The lowest BCUT2D eigenvalue weighted by atomic mass is 10.4. The Bertz CT molecular complexity index is 615. The molecular formula is C9H9ClN4O3S. The molecule has 0 amide bonds. The number of nitrogens with zero attached hydrogens (tertiary/aromatic N) is 3. The van der Waals surface area contributed by atoms with Gasteiger partial charge in [0, 0.05) is 19.2 Å². The zero-order valence-electron chi connectivity index (χ0n) is 9.08. The van der Waals surface area contributed by atoms with Crippen LogP contribution in [0.15, 0.2) is 34.1 Å². The Morgan fingerprint density at radius 3 is 2.89 bits per heavy atom. The molecule has 2 aromatic rings. The lowest BCUT2D eigenvalue weighted by Crippen LogP contribution is -2.26. The third-order valence-corrected chi connectivity index (χ3v) is 3.97. The fraction of sp³-hybridized carbons (Fsp3) is 0.222. The van der Waals surface area contributed by atoms with Crippen molar-refractivity contribution in [2.75, 3.05) is 6.54 Å². The summed E-state index contributed by atoms with van der Waals surface area (Å²) < 4.78 is 30.7. The Morgan fingerprint density at radius 2 is 2.22 bits per heavy atom. The first-order chi connectivity index (χ1) is 8.59. The lowest BCUT2D eigenvalue weighted by molar-refractivity contribution is 0.410. The third kappa shape index (κ3) is 3.03. The molecule has 18 heavy (non-hydrogen) atoms. The van der Waals surface area contributed by atoms with E-state index in [4.69, 9.17) is 11.6 Å². The van der Waals surface area contributed by atoms with Gasteiger partial charge in [-0.2, -0.15) is 4.98 Å². The van der Waals surface area contributed by atoms with Crippen LogP contribution < -0.4 is 4.72 Å². The van der Waals surface area contributed by atoms with Gasteiger partial charge >= 0.3 is 0 Å². The molecular weight excluding hydrogens is 280 g/mol. The molecule has 0 fully saturated rings. The zero-order chi connectivity index (χ0) is 13.0. The summed E-state index contributed by atoms with van der Waals surface area (Å²) in [6.07, 6.45) is 2.93. The maximum Gasteiger partial charge on any atom is 0.243 e. The highest BCUT2D eigenvalue weighted by atomic mass is 35.5. The Kier molecular flexibility index (Phi) is 3.90. The Hall–Kier alpha value is -1.51. The van der Waals surface area contributed by atoms with Crippen molar-refractivity contribution in [3.8, 4) is 0 Å². The molecule has 0 bridgehead atoms. The van der Waals surface area contributed by atoms with Gasteiger partial charge in [0.2, 0.25) is 16.4 Å². The molecule has 2 aromatic heterocycles. The van der Waals surface area contributed by atoms with E-state index in [9.17, 15) is 8.42 Å². The second-order valence-electron chi connectivity index (χ2n) is 3.29. The van der Waals surface area contributed by atoms with Crippen LogP contribution in [0.1, 0.15) is 5.82 Å². The van der Waals surface area contributed by atoms with Crippen LogP contribution in [0.4, 0.5) is 0 Å². The van der Waals surface area contributed by atoms with Gasteiger partial charge in [-0.05, 0) is 12.1 Å². The molecule has 0 aliphatic carbocycles. The third-order valence-electron chi connectivity index (χ3n) is 2.06. The molecule has 1 N–H and O–H groups in total. The van der Waals surface area contributed by atoms with E-state index in [1.165, 1.54) is 24.7 Å². The molecule has 0 aromatic carbocycles. The Morgan fingerprint density at radius 1 is 1.39 bits per heavy atom. The number of aromatic nitrogens is 3. The van der Waals surface area contributed by atoms with Crippen LogP contribution in [0.5, 0.6) is 0 Å². The molecule has 0 saturated carbocycles. The van der Waals surface area contributed by atoms with Gasteiger partial charge < -0.3 is 4.52 Å². The molecule has 2 heterocycles. The molecule has 0 aliphatic rings. The smallest absolute Gasteiger partial charge is 0.243 e. The summed E-state index contributed by atoms with van der Waals surface area (Å²) in [7, 11) is -3.67. The second kappa shape index (κ2) is 5.42. The minimum absolute atomic E-state index is 0.0558. The van der Waals surface area contributed by atoms with Crippen molar-refractivity contribution in [3.05, 3.63) is 35.7 Å². The number of rotatable bonds is 5. The SMILES string of the molecule is O=S(=O)(NCCc1ncon1)c1cccnc1Cl. The van der Waals surface area contributed by atoms with Gasteiger partial charge in [-0.25, -0.2) is 18.1 Å². The van der Waals surface area contributed by atoms with Gasteiger partial charge in [0.25, 0.3) is 0 Å². The highest BCUT2D eigenvalue weighted by Crippen LogP contribution is 2.17. The summed E-state index contributed by atoms with van der Waals surface area (Å²) in [6.45, 7) is 0.146. The zero-order valence-corrected chi connectivity index (χ0v) is 10.6. The van der Waals surface area contributed by atoms with Crippen LogP contribution in [0.2, 0.25) is 5.15 Å². The monoisotopic (exact) mass is 288 g/mol. The number of hydrogen-bond donors (Lipinski definition) is 1. The predicted octanol–water partition coefficient (Wildman–Crippen LogP) is 0.639. The van der Waals surface area contributed by atoms with Gasteiger partial charge in [-0.1, -0.05) is 16.8 Å². The topological polar surface area (TPSA) is 98.0 Å². The molecule has 0 aliphatic heterocycles. The molecule has 7 nitrogen and oxygen atoms in total. The van der Waals surface area contributed by atoms with E-state index in [1.807, 2.05) is 0 Å². The van der Waals surface area contributed by atoms with Crippen LogP contribution in [0, 0.1) is 0 Å². The number of pyridine rings is 1. The summed E-state index contributed by atoms with van der Waals surface area (Å²) in [5.74, 6) is 0.426. The average molecular weight is 289 g/mol. The van der Waals surface area contributed by atoms with Gasteiger partial charge in [0.05, 0.1) is 0 Å². The van der Waals surface area contributed by atoms with E-state index in [0.29, 0.717) is 12.2 Å². The second-order valence-corrected chi connectivity index (χ2v) is 5.38. The fourth-order valence-electron chi connectivity index (χ4n) is 1.25. The maximum absolute atomic E-state index is 11.9. The van der Waals surface area contributed by atoms with Gasteiger partial charge in [0.15, 0.2) is 5.82 Å². The van der Waals surface area contributed by atoms with E-state index >= 15 is 0 Å². The summed E-state index contributed by atoms with van der Waals surface area (Å²) in [4.78, 5) is 7.43. The van der Waals surface area contributed by atoms with Crippen molar-refractivity contribution < 1.29 is 12.9 Å². The highest BCUT2D eigenvalue weighted by molar-refractivity contribution is 7.89. The molecule has 0 radical (unpaired) electrons. The van der Waals surface area contributed by atoms with Crippen molar-refractivity contribution in [3.63, 3.8) is 0 Å². The first kappa shape index (κ1) is 12.9. The number of nitrogens with one attached hydrogen (secondary N) is 1. The Balaban J connectivity index is 2.02. The van der Waals surface area contributed by atoms with Crippen molar-refractivity contribution in [1.82, 2.24) is 19.8 Å². The summed E-state index contributed by atoms with van der Waals surface area (Å²) in [6, 6.07) is 2.88. The van der Waals surface area contributed by atoms with Gasteiger partial charge in [-0.15, -0.1) is 0 Å². The molecule has 0 unspecified atom stereocenters. The fourth-order valence-corrected chi connectivity index (χ4v) is 2.73. The summed E-state index contributed by atoms with van der Waals surface area (Å²) >= 11 is 5.72. The van der Waals surface area contributed by atoms with Crippen molar-refractivity contribution in [2.45, 2.75) is 11.3 Å². The van der Waals surface area contributed by atoms with Crippen LogP contribution in [0.3, 0.4) is 0 Å². The van der Waals surface area contributed by atoms with Crippen LogP contribution in [-0.4, -0.2) is 30.1 Å². The van der Waals surface area contributed by atoms with E-state index in [1.54, 1.807) is 0 Å². The predicted molar refractivity (Wildman–Crippen MR) is 62.4 cm³/mol. The lowest BCUT2D eigenvalue weighted by Gasteiger charge is -2.06. The summed E-state index contributed by atoms with van der Waals surface area (Å²) in [5, 5.41) is 3.50. The van der Waals surface area contributed by atoms with Gasteiger partial charge in [0.1, 0.15) is 10.0 Å². The van der Waals surface area contributed by atoms with E-state index in [2.05, 4.69) is 24.4 Å². The molecule has 0 atom stereocenters. The molecule has 0 spiro atoms. The van der Waals surface area contributed by atoms with Crippen LogP contribution >= 0.6 is 11.6 Å². The quantitative estimate of drug-likeness (QED) is 0.811. The summed E-state index contributed by atoms with van der Waals surface area (Å²) in [5.41, 5.74) is 0. The molecule has 2 rings (SSSR count). The van der Waals surface area contributed by atoms with Crippen LogP contribution in [-0.2, 0) is 16.4 Å². The standard InChI is InChI=1S/C9H9ClN4O3S/c10-9-7(2-1-4-11-9)18(15,16)13-5-3-8-12-6-17-14-8/h1-2,4,6,13H,3,5H2. The molecule has 0 saturated heterocycles. The Labute approximate surface area is 108 Å². The van der Waals surface area contributed by atoms with E-state index in [-0.39, 0.29) is 16.6 Å². The first-order valence-electron chi connectivity index (χ1n) is 4.95. The maximum atomic E-state index is 11.9. The normalized spacial score (nSPS) is 11.6. The number of halogens is 1. The minimum Gasteiger partial charge on any atom is -0.343 e. The number of sulfonamides is 1. The largest absolute Gasteiger partial charge is 0.343 e. The van der Waals surface area contributed by atoms with Gasteiger partial charge in [-0.3, -0.25) is 0 Å². The molecule has 96 valence electrons.